The Morgan fingerprint density at radius 2 is 2.08 bits per heavy atom. The first kappa shape index (κ1) is 16.2. The number of thiophene rings is 1. The number of pyridine rings is 1. The fourth-order valence-electron chi connectivity index (χ4n) is 2.73. The second kappa shape index (κ2) is 6.58. The highest BCUT2D eigenvalue weighted by Crippen LogP contribution is 2.40. The maximum absolute atomic E-state index is 12.7. The molecule has 4 nitrogen and oxygen atoms in total. The number of fused-ring (bicyclic) bond motifs is 1. The summed E-state index contributed by atoms with van der Waals surface area (Å²) in [6, 6.07) is 13.3. The molecule has 3 aromatic rings. The summed E-state index contributed by atoms with van der Waals surface area (Å²) in [4.78, 5) is 18.4. The molecule has 1 amide bonds. The molecule has 0 unspecified atom stereocenters. The van der Waals surface area contributed by atoms with Crippen molar-refractivity contribution in [3.63, 3.8) is 0 Å². The highest BCUT2D eigenvalue weighted by atomic mass is 35.5. The van der Waals surface area contributed by atoms with Crippen molar-refractivity contribution in [2.24, 2.45) is 5.10 Å². The number of hydrogen-bond acceptors (Lipinski definition) is 4. The van der Waals surface area contributed by atoms with E-state index in [-0.39, 0.29) is 5.91 Å². The largest absolute Gasteiger partial charge is 0.272 e. The average molecular weight is 370 g/mol. The molecule has 0 spiro atoms. The smallest absolute Gasteiger partial charge is 0.267 e. The van der Waals surface area contributed by atoms with Gasteiger partial charge in [-0.1, -0.05) is 29.8 Å². The van der Waals surface area contributed by atoms with E-state index in [1.165, 1.54) is 11.3 Å². The third-order valence-corrected chi connectivity index (χ3v) is 5.57. The van der Waals surface area contributed by atoms with Crippen molar-refractivity contribution in [3.05, 3.63) is 62.9 Å². The van der Waals surface area contributed by atoms with Gasteiger partial charge in [0.2, 0.25) is 0 Å². The van der Waals surface area contributed by atoms with Crippen LogP contribution < -0.4 is 5.43 Å². The monoisotopic (exact) mass is 369 g/mol. The predicted molar refractivity (Wildman–Crippen MR) is 103 cm³/mol. The van der Waals surface area contributed by atoms with Crippen LogP contribution in [0, 0.1) is 0 Å². The molecule has 2 aromatic heterocycles. The van der Waals surface area contributed by atoms with Gasteiger partial charge in [0.15, 0.2) is 0 Å². The molecular weight excluding hydrogens is 354 g/mol. The third-order valence-electron chi connectivity index (χ3n) is 4.23. The molecule has 1 aliphatic rings. The number of hydrazone groups is 1. The molecule has 6 heteroatoms. The second-order valence-electron chi connectivity index (χ2n) is 6.13. The Balaban J connectivity index is 1.65. The highest BCUT2D eigenvalue weighted by molar-refractivity contribution is 7.18. The molecule has 0 bridgehead atoms. The number of benzene rings is 1. The van der Waals surface area contributed by atoms with Gasteiger partial charge < -0.3 is 0 Å². The van der Waals surface area contributed by atoms with Crippen LogP contribution in [-0.2, 0) is 0 Å². The summed E-state index contributed by atoms with van der Waals surface area (Å²) >= 11 is 7.38. The van der Waals surface area contributed by atoms with Crippen LogP contribution in [0.25, 0.3) is 10.9 Å². The van der Waals surface area contributed by atoms with Crippen LogP contribution in [0.3, 0.4) is 0 Å². The van der Waals surface area contributed by atoms with E-state index in [0.717, 1.165) is 40.0 Å². The van der Waals surface area contributed by atoms with Gasteiger partial charge in [-0.2, -0.15) is 5.10 Å². The van der Waals surface area contributed by atoms with Crippen molar-refractivity contribution in [2.75, 3.05) is 0 Å². The van der Waals surface area contributed by atoms with E-state index in [4.69, 9.17) is 16.6 Å². The lowest BCUT2D eigenvalue weighted by atomic mass is 10.1. The lowest BCUT2D eigenvalue weighted by Gasteiger charge is -2.08. The van der Waals surface area contributed by atoms with Gasteiger partial charge in [0, 0.05) is 17.0 Å². The molecule has 0 aliphatic heterocycles. The summed E-state index contributed by atoms with van der Waals surface area (Å²) < 4.78 is 0.699. The zero-order chi connectivity index (χ0) is 17.4. The number of rotatable bonds is 4. The minimum Gasteiger partial charge on any atom is -0.267 e. The van der Waals surface area contributed by atoms with Gasteiger partial charge in [-0.25, -0.2) is 5.43 Å². The number of amides is 1. The van der Waals surface area contributed by atoms with Crippen LogP contribution in [0.15, 0.2) is 47.6 Å². The van der Waals surface area contributed by atoms with Gasteiger partial charge in [-0.3, -0.25) is 9.78 Å². The van der Waals surface area contributed by atoms with Crippen molar-refractivity contribution in [3.8, 4) is 0 Å². The van der Waals surface area contributed by atoms with Gasteiger partial charge in [0.1, 0.15) is 0 Å². The Morgan fingerprint density at radius 1 is 1.28 bits per heavy atom. The summed E-state index contributed by atoms with van der Waals surface area (Å²) in [6.45, 7) is 1.85. The summed E-state index contributed by atoms with van der Waals surface area (Å²) in [6.07, 6.45) is 2.28. The molecule has 1 fully saturated rings. The topological polar surface area (TPSA) is 54.4 Å². The van der Waals surface area contributed by atoms with Crippen molar-refractivity contribution >= 4 is 45.5 Å². The molecule has 4 rings (SSSR count). The molecule has 0 atom stereocenters. The Hall–Kier alpha value is -2.24. The van der Waals surface area contributed by atoms with E-state index < -0.39 is 0 Å². The number of halogens is 1. The normalized spacial score (nSPS) is 14.7. The minimum absolute atomic E-state index is 0.220. The third kappa shape index (κ3) is 3.43. The summed E-state index contributed by atoms with van der Waals surface area (Å²) in [5.74, 6) is 0.261. The van der Waals surface area contributed by atoms with Gasteiger partial charge in [0.05, 0.1) is 26.0 Å². The van der Waals surface area contributed by atoms with Crippen LogP contribution in [0.5, 0.6) is 0 Å². The SMILES string of the molecule is C/C(=N/NC(=O)c1cc(C2CC2)nc2ccccc12)c1ccc(Cl)s1. The Kier molecular flexibility index (Phi) is 4.27. The molecule has 2 heterocycles. The van der Waals surface area contributed by atoms with Gasteiger partial charge in [-0.05, 0) is 44.0 Å². The number of carbonyl (C=O) groups excluding carboxylic acids is 1. The predicted octanol–water partition coefficient (Wildman–Crippen LogP) is 4.98. The van der Waals surface area contributed by atoms with Crippen LogP contribution >= 0.6 is 22.9 Å². The Labute approximate surface area is 154 Å². The summed E-state index contributed by atoms with van der Waals surface area (Å²) in [7, 11) is 0. The van der Waals surface area contributed by atoms with Gasteiger partial charge in [-0.15, -0.1) is 11.3 Å². The number of para-hydroxylation sites is 1. The fraction of sp³-hybridized carbons (Fsp3) is 0.211. The van der Waals surface area contributed by atoms with E-state index in [1.807, 2.05) is 49.4 Å². The van der Waals surface area contributed by atoms with Crippen molar-refractivity contribution < 1.29 is 4.79 Å². The van der Waals surface area contributed by atoms with Crippen LogP contribution in [0.1, 0.15) is 46.6 Å². The summed E-state index contributed by atoms with van der Waals surface area (Å²) in [5.41, 5.74) is 5.86. The van der Waals surface area contributed by atoms with Crippen molar-refractivity contribution in [1.29, 1.82) is 0 Å². The number of hydrogen-bond donors (Lipinski definition) is 1. The standard InChI is InChI=1S/C19H16ClN3OS/c1-11(17-8-9-18(20)25-17)22-23-19(24)14-10-16(12-6-7-12)21-15-5-3-2-4-13(14)15/h2-5,8-10,12H,6-7H2,1H3,(H,23,24)/b22-11-. The first-order valence-electron chi connectivity index (χ1n) is 8.12. The number of nitrogens with zero attached hydrogens (tertiary/aromatic N) is 2. The minimum atomic E-state index is -0.220. The van der Waals surface area contributed by atoms with Crippen LogP contribution in [0.2, 0.25) is 4.34 Å². The maximum atomic E-state index is 12.7. The highest BCUT2D eigenvalue weighted by Gasteiger charge is 2.26. The van der Waals surface area contributed by atoms with E-state index >= 15 is 0 Å². The Bertz CT molecular complexity index is 991. The van der Waals surface area contributed by atoms with E-state index in [2.05, 4.69) is 10.5 Å². The molecule has 126 valence electrons. The number of aromatic nitrogens is 1. The number of carbonyl (C=O) groups is 1. The zero-order valence-corrected chi connectivity index (χ0v) is 15.2. The average Bonchev–Trinajstić information content (AvgIpc) is 3.39. The molecular formula is C19H16ClN3OS. The molecule has 1 aromatic carbocycles. The maximum Gasteiger partial charge on any atom is 0.272 e. The van der Waals surface area contributed by atoms with E-state index in [1.54, 1.807) is 0 Å². The van der Waals surface area contributed by atoms with Crippen LogP contribution in [-0.4, -0.2) is 16.6 Å². The van der Waals surface area contributed by atoms with Crippen LogP contribution in [0.4, 0.5) is 0 Å². The quantitative estimate of drug-likeness (QED) is 0.520. The van der Waals surface area contributed by atoms with Gasteiger partial charge >= 0.3 is 0 Å². The molecule has 1 aliphatic carbocycles. The molecule has 1 saturated carbocycles. The fourth-order valence-corrected chi connectivity index (χ4v) is 3.72. The molecule has 1 N–H and O–H groups in total. The molecule has 25 heavy (non-hydrogen) atoms. The molecule has 0 saturated heterocycles. The van der Waals surface area contributed by atoms with Crippen molar-refractivity contribution in [2.45, 2.75) is 25.7 Å². The van der Waals surface area contributed by atoms with Crippen molar-refractivity contribution in [1.82, 2.24) is 10.4 Å². The first-order valence-corrected chi connectivity index (χ1v) is 9.31. The second-order valence-corrected chi connectivity index (χ2v) is 7.84. The first-order chi connectivity index (χ1) is 12.1. The van der Waals surface area contributed by atoms with E-state index in [0.29, 0.717) is 15.8 Å². The lowest BCUT2D eigenvalue weighted by molar-refractivity contribution is 0.0956. The lowest BCUT2D eigenvalue weighted by Crippen LogP contribution is -2.20. The number of nitrogens with one attached hydrogen (secondary N) is 1. The molecule has 0 radical (unpaired) electrons. The zero-order valence-electron chi connectivity index (χ0n) is 13.6. The Morgan fingerprint density at radius 3 is 2.80 bits per heavy atom. The van der Waals surface area contributed by atoms with E-state index in [9.17, 15) is 4.79 Å². The summed E-state index contributed by atoms with van der Waals surface area (Å²) in [5, 5.41) is 5.07. The van der Waals surface area contributed by atoms with Gasteiger partial charge in [0.25, 0.3) is 5.91 Å².